The molecule has 0 bridgehead atoms. The monoisotopic (exact) mass is 250 g/mol. The predicted molar refractivity (Wildman–Crippen MR) is 66.5 cm³/mol. The van der Waals surface area contributed by atoms with E-state index in [1.165, 1.54) is 13.2 Å². The molecule has 0 spiro atoms. The number of para-hydroxylation sites is 1. The molecule has 1 saturated heterocycles. The number of hydrogen-bond acceptors (Lipinski definition) is 4. The van der Waals surface area contributed by atoms with Crippen LogP contribution < -0.4 is 15.4 Å². The standard InChI is InChI=1S/C11H10N2O3S/c1-16-8-4-2-3-6(9(8)14)5-7-10(15)13-11(17)12-7/h2-5,14H,1H3,(H2,12,13,15,17)/b7-5-. The lowest BCUT2D eigenvalue weighted by atomic mass is 10.1. The summed E-state index contributed by atoms with van der Waals surface area (Å²) in [5.41, 5.74) is 0.769. The van der Waals surface area contributed by atoms with Gasteiger partial charge >= 0.3 is 0 Å². The first-order chi connectivity index (χ1) is 8.11. The summed E-state index contributed by atoms with van der Waals surface area (Å²) >= 11 is 4.80. The molecular weight excluding hydrogens is 240 g/mol. The Morgan fingerprint density at radius 3 is 2.76 bits per heavy atom. The van der Waals surface area contributed by atoms with Gasteiger partial charge in [0.05, 0.1) is 7.11 Å². The first-order valence-electron chi connectivity index (χ1n) is 4.82. The van der Waals surface area contributed by atoms with Crippen LogP contribution in [0.4, 0.5) is 0 Å². The Kier molecular flexibility index (Phi) is 2.97. The Balaban J connectivity index is 2.39. The third kappa shape index (κ3) is 2.21. The van der Waals surface area contributed by atoms with E-state index in [1.54, 1.807) is 18.2 Å². The third-order valence-corrected chi connectivity index (χ3v) is 2.47. The Morgan fingerprint density at radius 1 is 1.41 bits per heavy atom. The Bertz CT molecular complexity index is 525. The number of amides is 1. The van der Waals surface area contributed by atoms with E-state index in [0.717, 1.165) is 0 Å². The van der Waals surface area contributed by atoms with E-state index < -0.39 is 0 Å². The van der Waals surface area contributed by atoms with Crippen LogP contribution >= 0.6 is 12.2 Å². The number of phenolic OH excluding ortho intramolecular Hbond substituents is 1. The van der Waals surface area contributed by atoms with Crippen molar-refractivity contribution >= 4 is 29.3 Å². The number of aromatic hydroxyl groups is 1. The van der Waals surface area contributed by atoms with Crippen LogP contribution in [0.3, 0.4) is 0 Å². The number of carbonyl (C=O) groups is 1. The molecule has 0 radical (unpaired) electrons. The van der Waals surface area contributed by atoms with Crippen molar-refractivity contribution in [2.24, 2.45) is 0 Å². The van der Waals surface area contributed by atoms with Crippen LogP contribution in [0.2, 0.25) is 0 Å². The molecule has 17 heavy (non-hydrogen) atoms. The average Bonchev–Trinajstić information content (AvgIpc) is 2.60. The van der Waals surface area contributed by atoms with Gasteiger partial charge in [-0.25, -0.2) is 0 Å². The topological polar surface area (TPSA) is 70.6 Å². The summed E-state index contributed by atoms with van der Waals surface area (Å²) < 4.78 is 4.97. The number of benzene rings is 1. The van der Waals surface area contributed by atoms with Gasteiger partial charge in [0, 0.05) is 5.56 Å². The number of nitrogens with one attached hydrogen (secondary N) is 2. The second-order valence-electron chi connectivity index (χ2n) is 3.36. The first kappa shape index (κ1) is 11.4. The van der Waals surface area contributed by atoms with Crippen molar-refractivity contribution in [3.05, 3.63) is 29.5 Å². The summed E-state index contributed by atoms with van der Waals surface area (Å²) in [4.78, 5) is 11.4. The number of hydrogen-bond donors (Lipinski definition) is 3. The Hall–Kier alpha value is -2.08. The molecule has 1 aliphatic rings. The van der Waals surface area contributed by atoms with Crippen LogP contribution in [0.1, 0.15) is 5.56 Å². The van der Waals surface area contributed by atoms with Crippen molar-refractivity contribution in [2.75, 3.05) is 7.11 Å². The molecule has 6 heteroatoms. The maximum Gasteiger partial charge on any atom is 0.273 e. The quantitative estimate of drug-likeness (QED) is 0.533. The highest BCUT2D eigenvalue weighted by Gasteiger charge is 2.20. The van der Waals surface area contributed by atoms with E-state index in [1.807, 2.05) is 0 Å². The van der Waals surface area contributed by atoms with Gasteiger partial charge in [-0.3, -0.25) is 10.1 Å². The van der Waals surface area contributed by atoms with Gasteiger partial charge in [0.15, 0.2) is 16.6 Å². The Morgan fingerprint density at radius 2 is 2.18 bits per heavy atom. The summed E-state index contributed by atoms with van der Waals surface area (Å²) in [5, 5.41) is 15.2. The summed E-state index contributed by atoms with van der Waals surface area (Å²) in [5.74, 6) is 0.00692. The van der Waals surface area contributed by atoms with Crippen LogP contribution in [0.5, 0.6) is 11.5 Å². The van der Waals surface area contributed by atoms with Crippen LogP contribution in [0, 0.1) is 0 Å². The molecule has 5 nitrogen and oxygen atoms in total. The van der Waals surface area contributed by atoms with E-state index in [2.05, 4.69) is 10.6 Å². The maximum atomic E-state index is 11.4. The van der Waals surface area contributed by atoms with E-state index in [4.69, 9.17) is 17.0 Å². The van der Waals surface area contributed by atoms with E-state index in [-0.39, 0.29) is 16.8 Å². The molecule has 0 saturated carbocycles. The smallest absolute Gasteiger partial charge is 0.273 e. The molecule has 3 N–H and O–H groups in total. The maximum absolute atomic E-state index is 11.4. The molecule has 1 aromatic rings. The zero-order valence-corrected chi connectivity index (χ0v) is 9.80. The van der Waals surface area contributed by atoms with Crippen molar-refractivity contribution in [3.63, 3.8) is 0 Å². The molecule has 0 atom stereocenters. The lowest BCUT2D eigenvalue weighted by Crippen LogP contribution is -2.21. The summed E-state index contributed by atoms with van der Waals surface area (Å²) in [6.07, 6.45) is 1.51. The molecule has 1 aliphatic heterocycles. The minimum absolute atomic E-state index is 0.0186. The first-order valence-corrected chi connectivity index (χ1v) is 5.22. The highest BCUT2D eigenvalue weighted by atomic mass is 32.1. The predicted octanol–water partition coefficient (Wildman–Crippen LogP) is 0.746. The van der Waals surface area contributed by atoms with Crippen molar-refractivity contribution in [2.45, 2.75) is 0 Å². The van der Waals surface area contributed by atoms with Gasteiger partial charge in [0.25, 0.3) is 5.91 Å². The van der Waals surface area contributed by atoms with Crippen molar-refractivity contribution in [1.29, 1.82) is 0 Å². The van der Waals surface area contributed by atoms with Crippen molar-refractivity contribution < 1.29 is 14.6 Å². The van der Waals surface area contributed by atoms with Gasteiger partial charge in [0.1, 0.15) is 5.70 Å². The van der Waals surface area contributed by atoms with Crippen molar-refractivity contribution in [3.8, 4) is 11.5 Å². The molecular formula is C11H10N2O3S. The van der Waals surface area contributed by atoms with Crippen LogP contribution in [0.15, 0.2) is 23.9 Å². The highest BCUT2D eigenvalue weighted by Crippen LogP contribution is 2.30. The van der Waals surface area contributed by atoms with Crippen LogP contribution in [-0.4, -0.2) is 23.2 Å². The minimum atomic E-state index is -0.322. The largest absolute Gasteiger partial charge is 0.504 e. The molecule has 0 aromatic heterocycles. The molecule has 1 fully saturated rings. The fourth-order valence-corrected chi connectivity index (χ4v) is 1.66. The SMILES string of the molecule is COc1cccc(/C=C2\NC(=S)NC2=O)c1O. The van der Waals surface area contributed by atoms with Gasteiger partial charge < -0.3 is 15.2 Å². The molecule has 2 rings (SSSR count). The van der Waals surface area contributed by atoms with Gasteiger partial charge in [-0.05, 0) is 24.4 Å². The average molecular weight is 250 g/mol. The van der Waals surface area contributed by atoms with Gasteiger partial charge in [-0.2, -0.15) is 0 Å². The molecule has 1 aromatic carbocycles. The fraction of sp³-hybridized carbons (Fsp3) is 0.0909. The number of phenols is 1. The Labute approximate surface area is 103 Å². The lowest BCUT2D eigenvalue weighted by Gasteiger charge is -2.05. The van der Waals surface area contributed by atoms with Gasteiger partial charge in [0.2, 0.25) is 0 Å². The fourth-order valence-electron chi connectivity index (χ4n) is 1.46. The molecule has 0 aliphatic carbocycles. The molecule has 1 heterocycles. The number of rotatable bonds is 2. The van der Waals surface area contributed by atoms with E-state index in [0.29, 0.717) is 17.0 Å². The molecule has 0 unspecified atom stereocenters. The highest BCUT2D eigenvalue weighted by molar-refractivity contribution is 7.80. The summed E-state index contributed by atoms with van der Waals surface area (Å²) in [7, 11) is 1.46. The second kappa shape index (κ2) is 4.42. The van der Waals surface area contributed by atoms with Gasteiger partial charge in [-0.1, -0.05) is 12.1 Å². The molecule has 88 valence electrons. The zero-order chi connectivity index (χ0) is 12.4. The summed E-state index contributed by atoms with van der Waals surface area (Å²) in [6.45, 7) is 0. The van der Waals surface area contributed by atoms with Gasteiger partial charge in [-0.15, -0.1) is 0 Å². The van der Waals surface area contributed by atoms with Crippen molar-refractivity contribution in [1.82, 2.24) is 10.6 Å². The zero-order valence-electron chi connectivity index (χ0n) is 8.98. The number of carbonyl (C=O) groups excluding carboxylic acids is 1. The number of methoxy groups -OCH3 is 1. The van der Waals surface area contributed by atoms with E-state index >= 15 is 0 Å². The summed E-state index contributed by atoms with van der Waals surface area (Å²) in [6, 6.07) is 5.02. The van der Waals surface area contributed by atoms with Crippen LogP contribution in [0.25, 0.3) is 6.08 Å². The lowest BCUT2D eigenvalue weighted by molar-refractivity contribution is -0.115. The number of thiocarbonyl (C=S) groups is 1. The number of ether oxygens (including phenoxy) is 1. The normalized spacial score (nSPS) is 16.9. The molecule has 1 amide bonds. The second-order valence-corrected chi connectivity index (χ2v) is 3.77. The third-order valence-electron chi connectivity index (χ3n) is 2.27. The van der Waals surface area contributed by atoms with E-state index in [9.17, 15) is 9.90 Å². The van der Waals surface area contributed by atoms with Crippen LogP contribution in [-0.2, 0) is 4.79 Å². The minimum Gasteiger partial charge on any atom is -0.504 e.